The molecule has 3 heterocycles. The minimum absolute atomic E-state index is 0.204. The van der Waals surface area contributed by atoms with Gasteiger partial charge in [-0.05, 0) is 43.5 Å². The van der Waals surface area contributed by atoms with E-state index in [1.54, 1.807) is 12.1 Å². The molecule has 9 heteroatoms. The lowest BCUT2D eigenvalue weighted by Crippen LogP contribution is -2.37. The van der Waals surface area contributed by atoms with Gasteiger partial charge in [-0.3, -0.25) is 4.90 Å². The third kappa shape index (κ3) is 5.58. The van der Waals surface area contributed by atoms with Crippen molar-refractivity contribution < 1.29 is 22.6 Å². The number of rotatable bonds is 5. The van der Waals surface area contributed by atoms with Crippen LogP contribution in [0.4, 0.5) is 19.0 Å². The minimum atomic E-state index is -4.67. The van der Waals surface area contributed by atoms with Gasteiger partial charge in [0.25, 0.3) is 0 Å². The zero-order valence-electron chi connectivity index (χ0n) is 18.3. The fourth-order valence-electron chi connectivity index (χ4n) is 3.95. The Hall–Kier alpha value is -2.65. The third-order valence-corrected chi connectivity index (χ3v) is 5.82. The number of anilines is 1. The molecule has 0 bridgehead atoms. The van der Waals surface area contributed by atoms with Crippen molar-refractivity contribution in [1.82, 2.24) is 14.9 Å². The summed E-state index contributed by atoms with van der Waals surface area (Å²) in [4.78, 5) is 14.1. The molecule has 1 aromatic heterocycles. The summed E-state index contributed by atoms with van der Waals surface area (Å²) in [5.74, 6) is 1.56. The molecule has 0 saturated carbocycles. The highest BCUT2D eigenvalue weighted by Gasteiger charge is 2.31. The van der Waals surface area contributed by atoms with Crippen LogP contribution in [0, 0.1) is 13.8 Å². The van der Waals surface area contributed by atoms with Gasteiger partial charge in [0.2, 0.25) is 0 Å². The zero-order valence-corrected chi connectivity index (χ0v) is 18.3. The molecule has 1 fully saturated rings. The predicted molar refractivity (Wildman–Crippen MR) is 116 cm³/mol. The fourth-order valence-corrected chi connectivity index (χ4v) is 3.95. The van der Waals surface area contributed by atoms with Crippen LogP contribution in [0.3, 0.4) is 0 Å². The molecule has 32 heavy (non-hydrogen) atoms. The number of hydrogen-bond donors (Lipinski definition) is 0. The summed E-state index contributed by atoms with van der Waals surface area (Å²) in [5, 5.41) is 0. The van der Waals surface area contributed by atoms with Gasteiger partial charge in [-0.1, -0.05) is 18.2 Å². The van der Waals surface area contributed by atoms with E-state index >= 15 is 0 Å². The largest absolute Gasteiger partial charge is 0.573 e. The van der Waals surface area contributed by atoms with Crippen molar-refractivity contribution in [1.29, 1.82) is 0 Å². The summed E-state index contributed by atoms with van der Waals surface area (Å²) >= 11 is 0. The van der Waals surface area contributed by atoms with E-state index in [2.05, 4.69) is 27.5 Å². The Morgan fingerprint density at radius 3 is 2.38 bits per heavy atom. The maximum atomic E-state index is 12.3. The average molecular weight is 448 g/mol. The zero-order chi connectivity index (χ0) is 22.7. The van der Waals surface area contributed by atoms with Gasteiger partial charge in [0, 0.05) is 44.0 Å². The summed E-state index contributed by atoms with van der Waals surface area (Å²) in [6.45, 7) is 9.38. The Bertz CT molecular complexity index is 970. The molecule has 1 saturated heterocycles. The molecule has 4 rings (SSSR count). The number of aromatic nitrogens is 2. The van der Waals surface area contributed by atoms with E-state index in [4.69, 9.17) is 14.7 Å². The molecule has 6 nitrogen and oxygen atoms in total. The van der Waals surface area contributed by atoms with Crippen LogP contribution in [0.1, 0.15) is 29.1 Å². The Labute approximate surface area is 185 Å². The Balaban J connectivity index is 1.41. The number of alkyl halides is 3. The van der Waals surface area contributed by atoms with Gasteiger partial charge in [0.05, 0.1) is 13.2 Å². The van der Waals surface area contributed by atoms with Crippen molar-refractivity contribution >= 4 is 11.4 Å². The molecular weight excluding hydrogens is 421 g/mol. The molecule has 172 valence electrons. The standard InChI is InChI=1S/C23H27F3N4O2/c1-16-17(2)27-21(28-22(16)30-11-13-31-14-12-30)19-7-9-29(10-8-19)15-18-3-5-20(6-4-18)32-23(24,25)26/h3-7H,8-15H2,1-2H3. The lowest BCUT2D eigenvalue weighted by Gasteiger charge is -2.30. The quantitative estimate of drug-likeness (QED) is 0.686. The second-order valence-electron chi connectivity index (χ2n) is 8.09. The number of halogens is 3. The van der Waals surface area contributed by atoms with Crippen molar-refractivity contribution in [3.63, 3.8) is 0 Å². The first-order chi connectivity index (χ1) is 15.3. The van der Waals surface area contributed by atoms with Crippen LogP contribution in [0.15, 0.2) is 30.3 Å². The van der Waals surface area contributed by atoms with Crippen molar-refractivity contribution in [3.05, 3.63) is 53.0 Å². The lowest BCUT2D eigenvalue weighted by atomic mass is 10.1. The highest BCUT2D eigenvalue weighted by molar-refractivity contribution is 5.64. The van der Waals surface area contributed by atoms with E-state index in [0.717, 1.165) is 66.6 Å². The highest BCUT2D eigenvalue weighted by atomic mass is 19.4. The molecule has 0 radical (unpaired) electrons. The van der Waals surface area contributed by atoms with Crippen LogP contribution in [-0.2, 0) is 11.3 Å². The van der Waals surface area contributed by atoms with E-state index < -0.39 is 6.36 Å². The van der Waals surface area contributed by atoms with Gasteiger partial charge >= 0.3 is 6.36 Å². The number of morpholine rings is 1. The first-order valence-corrected chi connectivity index (χ1v) is 10.7. The van der Waals surface area contributed by atoms with Gasteiger partial charge in [-0.2, -0.15) is 0 Å². The molecule has 0 aliphatic carbocycles. The second-order valence-corrected chi connectivity index (χ2v) is 8.09. The molecule has 0 spiro atoms. The maximum Gasteiger partial charge on any atom is 0.573 e. The van der Waals surface area contributed by atoms with Crippen LogP contribution in [0.5, 0.6) is 5.75 Å². The van der Waals surface area contributed by atoms with Crippen LogP contribution in [0.2, 0.25) is 0 Å². The summed E-state index contributed by atoms with van der Waals surface area (Å²) < 4.78 is 46.3. The van der Waals surface area contributed by atoms with Crippen molar-refractivity contribution in [2.45, 2.75) is 33.2 Å². The number of aryl methyl sites for hydroxylation is 1. The lowest BCUT2D eigenvalue weighted by molar-refractivity contribution is -0.274. The first-order valence-electron chi connectivity index (χ1n) is 10.7. The third-order valence-electron chi connectivity index (χ3n) is 5.82. The van der Waals surface area contributed by atoms with E-state index in [1.165, 1.54) is 12.1 Å². The monoisotopic (exact) mass is 448 g/mol. The molecule has 2 aliphatic rings. The van der Waals surface area contributed by atoms with E-state index in [0.29, 0.717) is 19.8 Å². The number of benzene rings is 1. The van der Waals surface area contributed by atoms with Crippen molar-refractivity contribution in [2.24, 2.45) is 0 Å². The van der Waals surface area contributed by atoms with E-state index in [9.17, 15) is 13.2 Å². The first kappa shape index (κ1) is 22.5. The molecular formula is C23H27F3N4O2. The number of ether oxygens (including phenoxy) is 2. The summed E-state index contributed by atoms with van der Waals surface area (Å²) in [6, 6.07) is 6.04. The van der Waals surface area contributed by atoms with Gasteiger partial charge in [-0.25, -0.2) is 9.97 Å². The second kappa shape index (κ2) is 9.46. The van der Waals surface area contributed by atoms with Crippen LogP contribution < -0.4 is 9.64 Å². The summed E-state index contributed by atoms with van der Waals surface area (Å²) in [7, 11) is 0. The average Bonchev–Trinajstić information content (AvgIpc) is 2.77. The Morgan fingerprint density at radius 1 is 1.03 bits per heavy atom. The van der Waals surface area contributed by atoms with Crippen LogP contribution in [0.25, 0.3) is 5.57 Å². The molecule has 2 aliphatic heterocycles. The maximum absolute atomic E-state index is 12.3. The molecule has 0 N–H and O–H groups in total. The van der Waals surface area contributed by atoms with Crippen molar-refractivity contribution in [2.75, 3.05) is 44.3 Å². The van der Waals surface area contributed by atoms with E-state index in [1.807, 2.05) is 6.92 Å². The summed E-state index contributed by atoms with van der Waals surface area (Å²) in [5.41, 5.74) is 4.16. The normalized spacial score (nSPS) is 17.9. The highest BCUT2D eigenvalue weighted by Crippen LogP contribution is 2.27. The van der Waals surface area contributed by atoms with Gasteiger partial charge in [-0.15, -0.1) is 13.2 Å². The SMILES string of the molecule is Cc1nc(C2=CCN(Cc3ccc(OC(F)(F)F)cc3)CC2)nc(N2CCOCC2)c1C. The molecule has 0 atom stereocenters. The fraction of sp³-hybridized carbons (Fsp3) is 0.478. The Morgan fingerprint density at radius 2 is 1.75 bits per heavy atom. The minimum Gasteiger partial charge on any atom is -0.406 e. The molecule has 1 aromatic carbocycles. The van der Waals surface area contributed by atoms with Crippen molar-refractivity contribution in [3.8, 4) is 5.75 Å². The number of nitrogens with zero attached hydrogens (tertiary/aromatic N) is 4. The van der Waals surface area contributed by atoms with Crippen LogP contribution in [-0.4, -0.2) is 60.6 Å². The Kier molecular flexibility index (Phi) is 6.66. The topological polar surface area (TPSA) is 50.7 Å². The van der Waals surface area contributed by atoms with Crippen LogP contribution >= 0.6 is 0 Å². The van der Waals surface area contributed by atoms with Gasteiger partial charge < -0.3 is 14.4 Å². The van der Waals surface area contributed by atoms with Gasteiger partial charge in [0.1, 0.15) is 11.6 Å². The van der Waals surface area contributed by atoms with E-state index in [-0.39, 0.29) is 5.75 Å². The van der Waals surface area contributed by atoms with Gasteiger partial charge in [0.15, 0.2) is 5.82 Å². The molecule has 0 unspecified atom stereocenters. The molecule has 2 aromatic rings. The summed E-state index contributed by atoms with van der Waals surface area (Å²) in [6.07, 6.45) is -1.70. The number of hydrogen-bond acceptors (Lipinski definition) is 6. The smallest absolute Gasteiger partial charge is 0.406 e. The predicted octanol–water partition coefficient (Wildman–Crippen LogP) is 4.12. The molecule has 0 amide bonds.